The summed E-state index contributed by atoms with van der Waals surface area (Å²) in [7, 11) is 0. The summed E-state index contributed by atoms with van der Waals surface area (Å²) >= 11 is 0. The Hall–Kier alpha value is -3.75. The number of non-ortho nitro benzene ring substituents is 1. The van der Waals surface area contributed by atoms with Crippen molar-refractivity contribution in [1.82, 2.24) is 10.2 Å². The number of nitro benzene ring substituents is 1. The summed E-state index contributed by atoms with van der Waals surface area (Å²) < 4.78 is 0. The van der Waals surface area contributed by atoms with Crippen LogP contribution in [0, 0.1) is 10.1 Å². The van der Waals surface area contributed by atoms with Gasteiger partial charge in [0.05, 0.1) is 4.92 Å². The Morgan fingerprint density at radius 1 is 1.06 bits per heavy atom. The molecule has 1 fully saturated rings. The molecule has 3 rings (SSSR count). The molecular formula is C24H28N4O5. The van der Waals surface area contributed by atoms with Gasteiger partial charge in [-0.25, -0.2) is 4.79 Å². The van der Waals surface area contributed by atoms with E-state index in [1.165, 1.54) is 31.2 Å². The maximum absolute atomic E-state index is 13.1. The van der Waals surface area contributed by atoms with Gasteiger partial charge < -0.3 is 10.6 Å². The standard InChI is InChI=1S/C24H28N4O5/c1-14(2)18-7-6-8-19(15(3)4)21(18)25-20(29)13-27-22(30)24(5,26-23(27)31)16-9-11-17(12-10-16)28(32)33/h6-12,14-15H,13H2,1-5H3,(H,25,29)(H,26,31). The second-order valence-electron chi connectivity index (χ2n) is 8.92. The van der Waals surface area contributed by atoms with E-state index in [0.29, 0.717) is 11.3 Å². The summed E-state index contributed by atoms with van der Waals surface area (Å²) in [6.07, 6.45) is 0. The zero-order chi connectivity index (χ0) is 24.5. The van der Waals surface area contributed by atoms with Gasteiger partial charge >= 0.3 is 6.03 Å². The fourth-order valence-corrected chi connectivity index (χ4v) is 3.97. The van der Waals surface area contributed by atoms with Crippen LogP contribution in [0.2, 0.25) is 0 Å². The third-order valence-corrected chi connectivity index (χ3v) is 5.87. The van der Waals surface area contributed by atoms with Crippen LogP contribution in [0.25, 0.3) is 0 Å². The predicted molar refractivity (Wildman–Crippen MR) is 124 cm³/mol. The third-order valence-electron chi connectivity index (χ3n) is 5.87. The second kappa shape index (κ2) is 9.01. The molecule has 2 aromatic carbocycles. The molecule has 33 heavy (non-hydrogen) atoms. The summed E-state index contributed by atoms with van der Waals surface area (Å²) in [6.45, 7) is 9.18. The number of carbonyl (C=O) groups is 3. The van der Waals surface area contributed by atoms with E-state index < -0.39 is 34.9 Å². The molecule has 2 N–H and O–H groups in total. The van der Waals surface area contributed by atoms with E-state index in [0.717, 1.165) is 16.0 Å². The quantitative estimate of drug-likeness (QED) is 0.369. The average molecular weight is 453 g/mol. The molecule has 1 aliphatic rings. The second-order valence-corrected chi connectivity index (χ2v) is 8.92. The highest BCUT2D eigenvalue weighted by Gasteiger charge is 2.49. The molecule has 1 unspecified atom stereocenters. The van der Waals surface area contributed by atoms with Crippen LogP contribution in [-0.4, -0.2) is 34.2 Å². The molecule has 0 aromatic heterocycles. The summed E-state index contributed by atoms with van der Waals surface area (Å²) in [4.78, 5) is 49.9. The van der Waals surface area contributed by atoms with Gasteiger partial charge in [0, 0.05) is 17.8 Å². The molecule has 0 aliphatic carbocycles. The molecule has 9 nitrogen and oxygen atoms in total. The molecule has 0 spiro atoms. The van der Waals surface area contributed by atoms with E-state index in [9.17, 15) is 24.5 Å². The third kappa shape index (κ3) is 4.57. The first-order chi connectivity index (χ1) is 15.5. The largest absolute Gasteiger partial charge is 0.325 e. The molecule has 0 saturated carbocycles. The Balaban J connectivity index is 1.82. The zero-order valence-electron chi connectivity index (χ0n) is 19.3. The SMILES string of the molecule is CC(C)c1cccc(C(C)C)c1NC(=O)CN1C(=O)NC(C)(c2ccc([N+](=O)[O-])cc2)C1=O. The van der Waals surface area contributed by atoms with E-state index >= 15 is 0 Å². The summed E-state index contributed by atoms with van der Waals surface area (Å²) in [6, 6.07) is 10.5. The van der Waals surface area contributed by atoms with Crippen molar-refractivity contribution in [2.45, 2.75) is 52.0 Å². The molecule has 1 atom stereocenters. The topological polar surface area (TPSA) is 122 Å². The van der Waals surface area contributed by atoms with Crippen molar-refractivity contribution < 1.29 is 19.3 Å². The number of benzene rings is 2. The molecule has 174 valence electrons. The lowest BCUT2D eigenvalue weighted by atomic mass is 9.92. The number of nitrogens with one attached hydrogen (secondary N) is 2. The number of amides is 4. The highest BCUT2D eigenvalue weighted by molar-refractivity contribution is 6.10. The number of nitrogens with zero attached hydrogens (tertiary/aromatic N) is 2. The number of carbonyl (C=O) groups excluding carboxylic acids is 3. The van der Waals surface area contributed by atoms with Gasteiger partial charge in [0.2, 0.25) is 5.91 Å². The first-order valence-corrected chi connectivity index (χ1v) is 10.8. The Bertz CT molecular complexity index is 1080. The minimum Gasteiger partial charge on any atom is -0.324 e. The van der Waals surface area contributed by atoms with Crippen LogP contribution in [0.3, 0.4) is 0 Å². The Labute approximate surface area is 192 Å². The first-order valence-electron chi connectivity index (χ1n) is 10.8. The summed E-state index contributed by atoms with van der Waals surface area (Å²) in [5.74, 6) is -0.749. The zero-order valence-corrected chi connectivity index (χ0v) is 19.3. The van der Waals surface area contributed by atoms with Gasteiger partial charge in [0.15, 0.2) is 0 Å². The summed E-state index contributed by atoms with van der Waals surface area (Å²) in [5.41, 5.74) is 1.50. The number of hydrogen-bond donors (Lipinski definition) is 2. The van der Waals surface area contributed by atoms with E-state index in [4.69, 9.17) is 0 Å². The lowest BCUT2D eigenvalue weighted by Crippen LogP contribution is -2.42. The number of hydrogen-bond acceptors (Lipinski definition) is 5. The van der Waals surface area contributed by atoms with Gasteiger partial charge in [-0.15, -0.1) is 0 Å². The number of rotatable bonds is 7. The number of anilines is 1. The summed E-state index contributed by atoms with van der Waals surface area (Å²) in [5, 5.41) is 16.4. The number of imide groups is 1. The molecule has 0 bridgehead atoms. The number of urea groups is 1. The molecule has 1 saturated heterocycles. The maximum atomic E-state index is 13.1. The lowest BCUT2D eigenvalue weighted by Gasteiger charge is -2.23. The molecule has 0 radical (unpaired) electrons. The van der Waals surface area contributed by atoms with Gasteiger partial charge in [-0.3, -0.25) is 24.6 Å². The molecular weight excluding hydrogens is 424 g/mol. The van der Waals surface area contributed by atoms with Crippen LogP contribution in [0.4, 0.5) is 16.2 Å². The number of para-hydroxylation sites is 1. The van der Waals surface area contributed by atoms with Crippen molar-refractivity contribution in [3.05, 3.63) is 69.3 Å². The van der Waals surface area contributed by atoms with Gasteiger partial charge in [-0.2, -0.15) is 0 Å². The van der Waals surface area contributed by atoms with Crippen molar-refractivity contribution >= 4 is 29.2 Å². The fraction of sp³-hybridized carbons (Fsp3) is 0.375. The van der Waals surface area contributed by atoms with Crippen molar-refractivity contribution in [3.63, 3.8) is 0 Å². The maximum Gasteiger partial charge on any atom is 0.325 e. The molecule has 9 heteroatoms. The van der Waals surface area contributed by atoms with Gasteiger partial charge in [0.25, 0.3) is 11.6 Å². The van der Waals surface area contributed by atoms with Crippen molar-refractivity contribution in [1.29, 1.82) is 0 Å². The lowest BCUT2D eigenvalue weighted by molar-refractivity contribution is -0.384. The van der Waals surface area contributed by atoms with Crippen LogP contribution in [0.15, 0.2) is 42.5 Å². The monoisotopic (exact) mass is 452 g/mol. The van der Waals surface area contributed by atoms with Crippen molar-refractivity contribution in [2.24, 2.45) is 0 Å². The fourth-order valence-electron chi connectivity index (χ4n) is 3.97. The van der Waals surface area contributed by atoms with Gasteiger partial charge in [-0.1, -0.05) is 45.9 Å². The van der Waals surface area contributed by atoms with E-state index in [1.54, 1.807) is 0 Å². The van der Waals surface area contributed by atoms with E-state index in [1.807, 2.05) is 45.9 Å². The highest BCUT2D eigenvalue weighted by atomic mass is 16.6. The van der Waals surface area contributed by atoms with Crippen LogP contribution in [0.1, 0.15) is 63.1 Å². The van der Waals surface area contributed by atoms with Crippen LogP contribution in [0.5, 0.6) is 0 Å². The predicted octanol–water partition coefficient (Wildman–Crippen LogP) is 4.25. The smallest absolute Gasteiger partial charge is 0.324 e. The normalized spacial score (nSPS) is 18.1. The highest BCUT2D eigenvalue weighted by Crippen LogP contribution is 2.33. The van der Waals surface area contributed by atoms with Crippen molar-refractivity contribution in [3.8, 4) is 0 Å². The van der Waals surface area contributed by atoms with Crippen molar-refractivity contribution in [2.75, 3.05) is 11.9 Å². The Kier molecular flexibility index (Phi) is 6.53. The van der Waals surface area contributed by atoms with Crippen LogP contribution in [-0.2, 0) is 15.1 Å². The van der Waals surface area contributed by atoms with Gasteiger partial charge in [-0.05, 0) is 47.6 Å². The minimum absolute atomic E-state index is 0.125. The Morgan fingerprint density at radius 3 is 2.09 bits per heavy atom. The molecule has 4 amide bonds. The molecule has 1 aliphatic heterocycles. The van der Waals surface area contributed by atoms with E-state index in [2.05, 4.69) is 10.6 Å². The first kappa shape index (κ1) is 23.9. The molecule has 2 aromatic rings. The van der Waals surface area contributed by atoms with Crippen LogP contribution < -0.4 is 10.6 Å². The number of nitro groups is 1. The van der Waals surface area contributed by atoms with Gasteiger partial charge in [0.1, 0.15) is 12.1 Å². The minimum atomic E-state index is -1.43. The molecule has 1 heterocycles. The Morgan fingerprint density at radius 2 is 1.61 bits per heavy atom. The average Bonchev–Trinajstić information content (AvgIpc) is 2.97. The van der Waals surface area contributed by atoms with Crippen LogP contribution >= 0.6 is 0 Å². The van der Waals surface area contributed by atoms with E-state index in [-0.39, 0.29) is 17.5 Å².